The summed E-state index contributed by atoms with van der Waals surface area (Å²) >= 11 is 0. The summed E-state index contributed by atoms with van der Waals surface area (Å²) in [5.74, 6) is -0.596. The van der Waals surface area contributed by atoms with E-state index in [1.807, 2.05) is 0 Å². The highest BCUT2D eigenvalue weighted by molar-refractivity contribution is 5.82. The Balaban J connectivity index is 2.93. The molecule has 1 fully saturated rings. The number of esters is 1. The minimum Gasteiger partial charge on any atom is -0.469 e. The van der Waals surface area contributed by atoms with Gasteiger partial charge in [0.15, 0.2) is 0 Å². The largest absolute Gasteiger partial charge is 0.469 e. The molecule has 1 aliphatic rings. The van der Waals surface area contributed by atoms with Gasteiger partial charge in [-0.25, -0.2) is 4.79 Å². The number of rotatable bonds is 7. The number of hydrogen-bond acceptors (Lipinski definition) is 5. The van der Waals surface area contributed by atoms with Gasteiger partial charge in [0.05, 0.1) is 18.9 Å². The Morgan fingerprint density at radius 3 is 1.97 bits per heavy atom. The highest BCUT2D eigenvalue weighted by Gasteiger charge is 2.39. The van der Waals surface area contributed by atoms with Crippen molar-refractivity contribution in [3.05, 3.63) is 0 Å². The van der Waals surface area contributed by atoms with Crippen molar-refractivity contribution in [2.24, 2.45) is 23.7 Å². The van der Waals surface area contributed by atoms with E-state index >= 15 is 0 Å². The zero-order valence-corrected chi connectivity index (χ0v) is 19.4. The van der Waals surface area contributed by atoms with Crippen LogP contribution in [0.3, 0.4) is 0 Å². The van der Waals surface area contributed by atoms with Crippen LogP contribution >= 0.6 is 0 Å². The van der Waals surface area contributed by atoms with Crippen molar-refractivity contribution in [3.8, 4) is 0 Å². The Bertz CT molecular complexity index is 558. The number of amides is 2. The van der Waals surface area contributed by atoms with Gasteiger partial charge in [0, 0.05) is 19.1 Å². The van der Waals surface area contributed by atoms with Gasteiger partial charge in [-0.1, -0.05) is 27.7 Å². The Morgan fingerprint density at radius 1 is 1.00 bits per heavy atom. The molecular formula is C22H40N2O5. The molecule has 0 aromatic carbocycles. The topological polar surface area (TPSA) is 84.9 Å². The summed E-state index contributed by atoms with van der Waals surface area (Å²) in [7, 11) is 1.32. The highest BCUT2D eigenvalue weighted by Crippen LogP contribution is 2.26. The molecular weight excluding hydrogens is 372 g/mol. The smallest absolute Gasteiger partial charge is 0.410 e. The molecule has 0 spiro atoms. The highest BCUT2D eigenvalue weighted by atomic mass is 16.6. The maximum Gasteiger partial charge on any atom is 0.410 e. The molecule has 7 nitrogen and oxygen atoms in total. The summed E-state index contributed by atoms with van der Waals surface area (Å²) in [6.07, 6.45) is 1.65. The first-order chi connectivity index (χ1) is 13.3. The maximum atomic E-state index is 13.0. The Kier molecular flexibility index (Phi) is 9.43. The van der Waals surface area contributed by atoms with E-state index in [1.54, 1.807) is 20.8 Å². The average Bonchev–Trinajstić information content (AvgIpc) is 2.57. The van der Waals surface area contributed by atoms with Crippen molar-refractivity contribution in [1.82, 2.24) is 10.2 Å². The summed E-state index contributed by atoms with van der Waals surface area (Å²) in [6.45, 7) is 14.4. The Morgan fingerprint density at radius 2 is 1.52 bits per heavy atom. The van der Waals surface area contributed by atoms with Gasteiger partial charge in [0.1, 0.15) is 5.60 Å². The van der Waals surface area contributed by atoms with Crippen LogP contribution in [-0.4, -0.2) is 54.7 Å². The van der Waals surface area contributed by atoms with E-state index in [4.69, 9.17) is 9.47 Å². The lowest BCUT2D eigenvalue weighted by atomic mass is 9.87. The first-order valence-corrected chi connectivity index (χ1v) is 10.7. The van der Waals surface area contributed by atoms with Crippen LogP contribution in [0.15, 0.2) is 0 Å². The zero-order chi connectivity index (χ0) is 22.4. The van der Waals surface area contributed by atoms with Crippen LogP contribution in [0.2, 0.25) is 0 Å². The van der Waals surface area contributed by atoms with Gasteiger partial charge in [0.2, 0.25) is 5.91 Å². The fourth-order valence-electron chi connectivity index (χ4n) is 3.77. The van der Waals surface area contributed by atoms with Crippen LogP contribution in [0.1, 0.15) is 67.7 Å². The van der Waals surface area contributed by atoms with Gasteiger partial charge in [-0.2, -0.15) is 0 Å². The summed E-state index contributed by atoms with van der Waals surface area (Å²) in [4.78, 5) is 39.2. The van der Waals surface area contributed by atoms with Crippen molar-refractivity contribution in [1.29, 1.82) is 0 Å². The van der Waals surface area contributed by atoms with Crippen molar-refractivity contribution < 1.29 is 23.9 Å². The fraction of sp³-hybridized carbons (Fsp3) is 0.864. The molecule has 2 atom stereocenters. The molecule has 0 radical (unpaired) electrons. The van der Waals surface area contributed by atoms with Gasteiger partial charge in [-0.15, -0.1) is 0 Å². The van der Waals surface area contributed by atoms with Crippen LogP contribution in [-0.2, 0) is 19.1 Å². The average molecular weight is 413 g/mol. The van der Waals surface area contributed by atoms with Crippen molar-refractivity contribution >= 4 is 18.0 Å². The van der Waals surface area contributed by atoms with Gasteiger partial charge in [-0.05, 0) is 51.9 Å². The van der Waals surface area contributed by atoms with Crippen LogP contribution in [0.5, 0.6) is 0 Å². The first kappa shape index (κ1) is 25.2. The van der Waals surface area contributed by atoms with E-state index in [1.165, 1.54) is 12.0 Å². The first-order valence-electron chi connectivity index (χ1n) is 10.7. The van der Waals surface area contributed by atoms with Gasteiger partial charge < -0.3 is 19.7 Å². The third-order valence-electron chi connectivity index (χ3n) is 4.87. The molecule has 0 aromatic heterocycles. The van der Waals surface area contributed by atoms with Gasteiger partial charge in [0.25, 0.3) is 0 Å². The summed E-state index contributed by atoms with van der Waals surface area (Å²) < 4.78 is 10.3. The predicted octanol–water partition coefficient (Wildman–Crippen LogP) is 3.61. The zero-order valence-electron chi connectivity index (χ0n) is 19.4. The lowest BCUT2D eigenvalue weighted by molar-refractivity contribution is -0.148. The van der Waals surface area contributed by atoms with E-state index in [0.29, 0.717) is 18.3 Å². The second-order valence-electron chi connectivity index (χ2n) is 10.0. The quantitative estimate of drug-likeness (QED) is 0.646. The van der Waals surface area contributed by atoms with E-state index < -0.39 is 29.5 Å². The number of hydrogen-bond donors (Lipinski definition) is 1. The molecule has 0 aliphatic carbocycles. The summed E-state index contributed by atoms with van der Waals surface area (Å²) in [5.41, 5.74) is -0.646. The van der Waals surface area contributed by atoms with Gasteiger partial charge in [-0.3, -0.25) is 9.59 Å². The SMILES string of the molecule is COC(=O)[C@@H]1C[C@H](C(=O)NC(CC(C)C)CC(C)C)CN(C(=O)OC(C)(C)C)C1. The fourth-order valence-corrected chi connectivity index (χ4v) is 3.77. The molecule has 29 heavy (non-hydrogen) atoms. The van der Waals surface area contributed by atoms with E-state index in [0.717, 1.165) is 12.8 Å². The molecule has 1 rings (SSSR count). The minimum absolute atomic E-state index is 0.0796. The maximum absolute atomic E-state index is 13.0. The molecule has 1 N–H and O–H groups in total. The van der Waals surface area contributed by atoms with Crippen LogP contribution in [0.4, 0.5) is 4.79 Å². The molecule has 168 valence electrons. The van der Waals surface area contributed by atoms with Crippen LogP contribution < -0.4 is 5.32 Å². The number of ether oxygens (including phenoxy) is 2. The number of nitrogens with one attached hydrogen (secondary N) is 1. The molecule has 1 heterocycles. The van der Waals surface area contributed by atoms with Crippen LogP contribution in [0.25, 0.3) is 0 Å². The third kappa shape index (κ3) is 9.05. The van der Waals surface area contributed by atoms with Crippen LogP contribution in [0, 0.1) is 23.7 Å². The molecule has 1 saturated heterocycles. The number of likely N-dealkylation sites (tertiary alicyclic amines) is 1. The molecule has 0 saturated carbocycles. The number of nitrogens with zero attached hydrogens (tertiary/aromatic N) is 1. The second kappa shape index (κ2) is 10.8. The van der Waals surface area contributed by atoms with Crippen molar-refractivity contribution in [2.45, 2.75) is 79.4 Å². The number of carbonyl (C=O) groups is 3. The molecule has 7 heteroatoms. The van der Waals surface area contributed by atoms with E-state index in [2.05, 4.69) is 33.0 Å². The molecule has 1 aliphatic heterocycles. The minimum atomic E-state index is -0.646. The predicted molar refractivity (Wildman–Crippen MR) is 112 cm³/mol. The number of piperidine rings is 1. The third-order valence-corrected chi connectivity index (χ3v) is 4.87. The molecule has 0 unspecified atom stereocenters. The second-order valence-corrected chi connectivity index (χ2v) is 10.0. The van der Waals surface area contributed by atoms with Crippen molar-refractivity contribution in [3.63, 3.8) is 0 Å². The monoisotopic (exact) mass is 412 g/mol. The molecule has 2 amide bonds. The van der Waals surface area contributed by atoms with E-state index in [9.17, 15) is 14.4 Å². The summed E-state index contributed by atoms with van der Waals surface area (Å²) in [5, 5.41) is 3.16. The number of methoxy groups -OCH3 is 1. The van der Waals surface area contributed by atoms with Gasteiger partial charge >= 0.3 is 12.1 Å². The summed E-state index contributed by atoms with van der Waals surface area (Å²) in [6, 6.07) is 0.0796. The lowest BCUT2D eigenvalue weighted by Crippen LogP contribution is -2.52. The Hall–Kier alpha value is -1.79. The van der Waals surface area contributed by atoms with Crippen molar-refractivity contribution in [2.75, 3.05) is 20.2 Å². The molecule has 0 aromatic rings. The lowest BCUT2D eigenvalue weighted by Gasteiger charge is -2.37. The number of carbonyl (C=O) groups excluding carboxylic acids is 3. The normalized spacial score (nSPS) is 20.2. The van der Waals surface area contributed by atoms with E-state index in [-0.39, 0.29) is 25.0 Å². The standard InChI is InChI=1S/C22H40N2O5/c1-14(2)9-18(10-15(3)4)23-19(25)16-11-17(20(26)28-8)13-24(12-16)21(27)29-22(5,6)7/h14-18H,9-13H2,1-8H3,(H,23,25)/t16-,17+/m0/s1. The molecule has 0 bridgehead atoms. The Labute approximate surface area is 175 Å².